The Kier molecular flexibility index (Phi) is 5.31. The number of aryl methyl sites for hydroxylation is 1. The molecule has 1 aromatic heterocycles. The van der Waals surface area contributed by atoms with Gasteiger partial charge in [-0.15, -0.1) is 23.1 Å². The number of hydrazone groups is 1. The molecule has 0 fully saturated rings. The Balaban J connectivity index is 1.84. The Bertz CT molecular complexity index is 605. The van der Waals surface area contributed by atoms with Gasteiger partial charge in [0, 0.05) is 16.0 Å². The fourth-order valence-electron chi connectivity index (χ4n) is 1.53. The summed E-state index contributed by atoms with van der Waals surface area (Å²) in [6, 6.07) is 7.97. The van der Waals surface area contributed by atoms with Crippen LogP contribution in [0.4, 0.5) is 0 Å². The van der Waals surface area contributed by atoms with E-state index >= 15 is 0 Å². The van der Waals surface area contributed by atoms with Crippen molar-refractivity contribution < 1.29 is 4.79 Å². The molecule has 6 heteroatoms. The smallest absolute Gasteiger partial charge is 0.246 e. The summed E-state index contributed by atoms with van der Waals surface area (Å²) < 4.78 is 0. The van der Waals surface area contributed by atoms with Gasteiger partial charge in [-0.25, -0.2) is 10.4 Å². The second-order valence-electron chi connectivity index (χ2n) is 4.13. The van der Waals surface area contributed by atoms with E-state index in [1.807, 2.05) is 42.8 Å². The van der Waals surface area contributed by atoms with Gasteiger partial charge in [-0.3, -0.25) is 4.79 Å². The van der Waals surface area contributed by atoms with Crippen LogP contribution in [0.15, 0.2) is 39.6 Å². The van der Waals surface area contributed by atoms with Gasteiger partial charge in [-0.05, 0) is 30.9 Å². The van der Waals surface area contributed by atoms with Gasteiger partial charge in [0.1, 0.15) is 5.01 Å². The van der Waals surface area contributed by atoms with Gasteiger partial charge in [0.2, 0.25) is 5.91 Å². The van der Waals surface area contributed by atoms with Crippen LogP contribution < -0.4 is 5.43 Å². The van der Waals surface area contributed by atoms with Crippen molar-refractivity contribution in [1.29, 1.82) is 0 Å². The molecule has 2 aromatic rings. The van der Waals surface area contributed by atoms with Crippen LogP contribution in [0.2, 0.25) is 0 Å². The molecule has 0 saturated carbocycles. The summed E-state index contributed by atoms with van der Waals surface area (Å²) in [5, 5.41) is 6.68. The maximum absolute atomic E-state index is 11.7. The molecule has 1 heterocycles. The zero-order valence-corrected chi connectivity index (χ0v) is 12.9. The Morgan fingerprint density at radius 2 is 2.20 bits per heavy atom. The molecule has 0 aliphatic carbocycles. The van der Waals surface area contributed by atoms with Crippen LogP contribution in [0, 0.1) is 6.92 Å². The monoisotopic (exact) mass is 305 g/mol. The number of thiazole rings is 1. The van der Waals surface area contributed by atoms with Gasteiger partial charge >= 0.3 is 0 Å². The average molecular weight is 305 g/mol. The van der Waals surface area contributed by atoms with E-state index in [-0.39, 0.29) is 12.3 Å². The minimum Gasteiger partial charge on any atom is -0.273 e. The molecule has 20 heavy (non-hydrogen) atoms. The first kappa shape index (κ1) is 14.7. The van der Waals surface area contributed by atoms with Crippen LogP contribution in [0.1, 0.15) is 16.3 Å². The molecular formula is C14H15N3OS2. The van der Waals surface area contributed by atoms with Crippen molar-refractivity contribution in [3.05, 3.63) is 45.9 Å². The van der Waals surface area contributed by atoms with Crippen molar-refractivity contribution in [2.75, 3.05) is 6.26 Å². The van der Waals surface area contributed by atoms with Crippen LogP contribution >= 0.6 is 23.1 Å². The molecule has 0 aliphatic heterocycles. The molecule has 4 nitrogen and oxygen atoms in total. The third-order valence-corrected chi connectivity index (χ3v) is 4.21. The van der Waals surface area contributed by atoms with Gasteiger partial charge in [0.05, 0.1) is 12.6 Å². The highest BCUT2D eigenvalue weighted by molar-refractivity contribution is 7.98. The zero-order valence-electron chi connectivity index (χ0n) is 11.3. The Morgan fingerprint density at radius 3 is 2.80 bits per heavy atom. The van der Waals surface area contributed by atoms with Crippen LogP contribution in [0.3, 0.4) is 0 Å². The molecular weight excluding hydrogens is 290 g/mol. The van der Waals surface area contributed by atoms with Crippen LogP contribution in [-0.2, 0) is 11.2 Å². The highest BCUT2D eigenvalue weighted by Gasteiger charge is 2.05. The molecule has 104 valence electrons. The number of hydrogen-bond acceptors (Lipinski definition) is 5. The molecule has 1 amide bonds. The van der Waals surface area contributed by atoms with Crippen molar-refractivity contribution in [1.82, 2.24) is 10.4 Å². The lowest BCUT2D eigenvalue weighted by Crippen LogP contribution is -2.19. The fraction of sp³-hybridized carbons (Fsp3) is 0.214. The largest absolute Gasteiger partial charge is 0.273 e. The highest BCUT2D eigenvalue weighted by Crippen LogP contribution is 2.13. The molecule has 0 radical (unpaired) electrons. The van der Waals surface area contributed by atoms with Gasteiger partial charge < -0.3 is 0 Å². The number of amides is 1. The molecule has 1 aromatic carbocycles. The second kappa shape index (κ2) is 7.21. The standard InChI is InChI=1S/C14H15N3OS2/c1-10-9-20-14(16-10)7-13(18)17-15-8-11-3-5-12(19-2)6-4-11/h3-6,8-9H,7H2,1-2H3,(H,17,18)/b15-8-. The van der Waals surface area contributed by atoms with Crippen molar-refractivity contribution in [2.24, 2.45) is 5.10 Å². The number of carbonyl (C=O) groups is 1. The fourth-order valence-corrected chi connectivity index (χ4v) is 2.71. The average Bonchev–Trinajstić information content (AvgIpc) is 2.85. The summed E-state index contributed by atoms with van der Waals surface area (Å²) in [7, 11) is 0. The maximum atomic E-state index is 11.7. The van der Waals surface area contributed by atoms with Gasteiger partial charge in [-0.1, -0.05) is 12.1 Å². The lowest BCUT2D eigenvalue weighted by Gasteiger charge is -1.98. The quantitative estimate of drug-likeness (QED) is 0.525. The Morgan fingerprint density at radius 1 is 1.45 bits per heavy atom. The molecule has 1 N–H and O–H groups in total. The lowest BCUT2D eigenvalue weighted by atomic mass is 10.2. The van der Waals surface area contributed by atoms with Crippen molar-refractivity contribution in [3.63, 3.8) is 0 Å². The number of benzene rings is 1. The summed E-state index contributed by atoms with van der Waals surface area (Å²) >= 11 is 3.18. The zero-order chi connectivity index (χ0) is 14.4. The van der Waals surface area contributed by atoms with E-state index in [0.717, 1.165) is 16.3 Å². The predicted octanol–water partition coefficient (Wildman–Crippen LogP) is 2.87. The van der Waals surface area contributed by atoms with Crippen LogP contribution in [-0.4, -0.2) is 23.4 Å². The molecule has 0 saturated heterocycles. The number of thioether (sulfide) groups is 1. The summed E-state index contributed by atoms with van der Waals surface area (Å²) in [6.45, 7) is 1.91. The Hall–Kier alpha value is -1.66. The molecule has 0 spiro atoms. The number of nitrogens with one attached hydrogen (secondary N) is 1. The van der Waals surface area contributed by atoms with Crippen LogP contribution in [0.5, 0.6) is 0 Å². The van der Waals surface area contributed by atoms with E-state index in [1.54, 1.807) is 18.0 Å². The third-order valence-electron chi connectivity index (χ3n) is 2.50. The SMILES string of the molecule is CSc1ccc(/C=N\NC(=O)Cc2nc(C)cs2)cc1. The molecule has 0 aliphatic rings. The van der Waals surface area contributed by atoms with E-state index in [4.69, 9.17) is 0 Å². The summed E-state index contributed by atoms with van der Waals surface area (Å²) in [4.78, 5) is 17.1. The molecule has 0 bridgehead atoms. The van der Waals surface area contributed by atoms with E-state index in [9.17, 15) is 4.79 Å². The van der Waals surface area contributed by atoms with Crippen molar-refractivity contribution in [3.8, 4) is 0 Å². The number of carbonyl (C=O) groups excluding carboxylic acids is 1. The number of rotatable bonds is 5. The molecule has 0 unspecified atom stereocenters. The third kappa shape index (κ3) is 4.47. The lowest BCUT2D eigenvalue weighted by molar-refractivity contribution is -0.120. The summed E-state index contributed by atoms with van der Waals surface area (Å²) in [5.41, 5.74) is 4.40. The first-order valence-electron chi connectivity index (χ1n) is 6.04. The predicted molar refractivity (Wildman–Crippen MR) is 84.5 cm³/mol. The van der Waals surface area contributed by atoms with Gasteiger partial charge in [0.15, 0.2) is 0 Å². The Labute approximate surface area is 126 Å². The topological polar surface area (TPSA) is 54.4 Å². The first-order valence-corrected chi connectivity index (χ1v) is 8.15. The molecule has 2 rings (SSSR count). The van der Waals surface area contributed by atoms with E-state index in [0.29, 0.717) is 0 Å². The van der Waals surface area contributed by atoms with Crippen molar-refractivity contribution in [2.45, 2.75) is 18.2 Å². The number of nitrogens with zero attached hydrogens (tertiary/aromatic N) is 2. The summed E-state index contributed by atoms with van der Waals surface area (Å²) in [6.07, 6.45) is 3.93. The number of aromatic nitrogens is 1. The second-order valence-corrected chi connectivity index (χ2v) is 5.95. The maximum Gasteiger partial charge on any atom is 0.246 e. The molecule has 0 atom stereocenters. The summed E-state index contributed by atoms with van der Waals surface area (Å²) in [5.74, 6) is -0.156. The minimum absolute atomic E-state index is 0.156. The van der Waals surface area contributed by atoms with Crippen LogP contribution in [0.25, 0.3) is 0 Å². The number of hydrogen-bond donors (Lipinski definition) is 1. The van der Waals surface area contributed by atoms with E-state index in [2.05, 4.69) is 15.5 Å². The highest BCUT2D eigenvalue weighted by atomic mass is 32.2. The van der Waals surface area contributed by atoms with Gasteiger partial charge in [-0.2, -0.15) is 5.10 Å². The van der Waals surface area contributed by atoms with Crippen molar-refractivity contribution >= 4 is 35.2 Å². The minimum atomic E-state index is -0.156. The first-order chi connectivity index (χ1) is 9.67. The normalized spacial score (nSPS) is 10.9. The van der Waals surface area contributed by atoms with Gasteiger partial charge in [0.25, 0.3) is 0 Å². The van der Waals surface area contributed by atoms with E-state index in [1.165, 1.54) is 16.2 Å². The van der Waals surface area contributed by atoms with E-state index < -0.39 is 0 Å².